The van der Waals surface area contributed by atoms with E-state index in [9.17, 15) is 0 Å². The lowest BCUT2D eigenvalue weighted by Crippen LogP contribution is -2.16. The topological polar surface area (TPSA) is 37.8 Å². The Kier molecular flexibility index (Phi) is 6.19. The minimum atomic E-state index is 1.01. The molecule has 1 heterocycles. The van der Waals surface area contributed by atoms with Gasteiger partial charge in [0.1, 0.15) is 10.0 Å². The van der Waals surface area contributed by atoms with Gasteiger partial charge >= 0.3 is 0 Å². The first kappa shape index (κ1) is 14.9. The lowest BCUT2D eigenvalue weighted by atomic mass is 10.2. The first-order valence-electron chi connectivity index (χ1n) is 6.58. The van der Waals surface area contributed by atoms with Crippen LogP contribution < -0.4 is 5.32 Å². The van der Waals surface area contributed by atoms with Crippen molar-refractivity contribution in [2.24, 2.45) is 0 Å². The number of halogens is 1. The van der Waals surface area contributed by atoms with E-state index in [-0.39, 0.29) is 0 Å². The Labute approximate surface area is 132 Å². The zero-order valence-electron chi connectivity index (χ0n) is 11.0. The van der Waals surface area contributed by atoms with E-state index in [2.05, 4.69) is 69.3 Å². The summed E-state index contributed by atoms with van der Waals surface area (Å²) >= 11 is 4.01. The van der Waals surface area contributed by atoms with E-state index in [0.717, 1.165) is 41.5 Å². The van der Waals surface area contributed by atoms with Crippen molar-refractivity contribution in [3.8, 4) is 10.6 Å². The standard InChI is InChI=1S/C14H18IN3S/c1-2-9-16-10-3-4-13-17-18-14(19-13)11-5-7-12(15)8-6-11/h5-8,16H,2-4,9-10H2,1H3. The van der Waals surface area contributed by atoms with Crippen molar-refractivity contribution in [2.75, 3.05) is 13.1 Å². The van der Waals surface area contributed by atoms with Crippen LogP contribution in [-0.4, -0.2) is 23.3 Å². The quantitative estimate of drug-likeness (QED) is 0.581. The van der Waals surface area contributed by atoms with Crippen LogP contribution in [0.25, 0.3) is 10.6 Å². The summed E-state index contributed by atoms with van der Waals surface area (Å²) in [5, 5.41) is 14.1. The Morgan fingerprint density at radius 2 is 1.95 bits per heavy atom. The van der Waals surface area contributed by atoms with Crippen LogP contribution in [0, 0.1) is 3.57 Å². The van der Waals surface area contributed by atoms with E-state index in [0.29, 0.717) is 0 Å². The molecule has 1 aromatic carbocycles. The molecule has 0 unspecified atom stereocenters. The Bertz CT molecular complexity index is 496. The third-order valence-electron chi connectivity index (χ3n) is 2.73. The summed E-state index contributed by atoms with van der Waals surface area (Å²) in [6.07, 6.45) is 3.33. The summed E-state index contributed by atoms with van der Waals surface area (Å²) in [4.78, 5) is 0. The molecular formula is C14H18IN3S. The molecule has 0 fully saturated rings. The van der Waals surface area contributed by atoms with Crippen LogP contribution in [0.2, 0.25) is 0 Å². The highest BCUT2D eigenvalue weighted by Gasteiger charge is 2.06. The predicted octanol–water partition coefficient (Wildman–Crippen LogP) is 3.74. The molecule has 1 N–H and O–H groups in total. The molecule has 0 aliphatic carbocycles. The van der Waals surface area contributed by atoms with Gasteiger partial charge in [-0.3, -0.25) is 0 Å². The smallest absolute Gasteiger partial charge is 0.147 e. The maximum absolute atomic E-state index is 4.28. The average molecular weight is 387 g/mol. The highest BCUT2D eigenvalue weighted by atomic mass is 127. The third kappa shape index (κ3) is 4.81. The van der Waals surface area contributed by atoms with Gasteiger partial charge in [0.2, 0.25) is 0 Å². The fourth-order valence-corrected chi connectivity index (χ4v) is 2.98. The molecule has 0 bridgehead atoms. The van der Waals surface area contributed by atoms with E-state index in [4.69, 9.17) is 0 Å². The van der Waals surface area contributed by atoms with Gasteiger partial charge in [0.15, 0.2) is 0 Å². The number of hydrogen-bond donors (Lipinski definition) is 1. The highest BCUT2D eigenvalue weighted by molar-refractivity contribution is 14.1. The normalized spacial score (nSPS) is 10.8. The van der Waals surface area contributed by atoms with E-state index in [1.54, 1.807) is 11.3 Å². The molecule has 19 heavy (non-hydrogen) atoms. The van der Waals surface area contributed by atoms with Gasteiger partial charge in [0.05, 0.1) is 0 Å². The van der Waals surface area contributed by atoms with Crippen LogP contribution in [0.1, 0.15) is 24.8 Å². The molecule has 1 aromatic heterocycles. The maximum Gasteiger partial charge on any atom is 0.147 e. The Morgan fingerprint density at radius 3 is 2.68 bits per heavy atom. The van der Waals surface area contributed by atoms with Crippen LogP contribution >= 0.6 is 33.9 Å². The SMILES string of the molecule is CCCNCCCc1nnc(-c2ccc(I)cc2)s1. The molecule has 2 rings (SSSR count). The summed E-state index contributed by atoms with van der Waals surface area (Å²) < 4.78 is 1.24. The second-order valence-corrected chi connectivity index (χ2v) is 6.67. The van der Waals surface area contributed by atoms with Crippen molar-refractivity contribution in [2.45, 2.75) is 26.2 Å². The van der Waals surface area contributed by atoms with Crippen LogP contribution in [0.3, 0.4) is 0 Å². The van der Waals surface area contributed by atoms with Crippen molar-refractivity contribution >= 4 is 33.9 Å². The van der Waals surface area contributed by atoms with Crippen molar-refractivity contribution in [3.63, 3.8) is 0 Å². The third-order valence-corrected chi connectivity index (χ3v) is 4.48. The monoisotopic (exact) mass is 387 g/mol. The van der Waals surface area contributed by atoms with Crippen LogP contribution in [0.15, 0.2) is 24.3 Å². The maximum atomic E-state index is 4.28. The summed E-state index contributed by atoms with van der Waals surface area (Å²) in [5.74, 6) is 0. The molecule has 0 saturated carbocycles. The van der Waals surface area contributed by atoms with Crippen molar-refractivity contribution in [1.29, 1.82) is 0 Å². The predicted molar refractivity (Wildman–Crippen MR) is 89.5 cm³/mol. The average Bonchev–Trinajstić information content (AvgIpc) is 2.88. The molecular weight excluding hydrogens is 369 g/mol. The minimum Gasteiger partial charge on any atom is -0.317 e. The second kappa shape index (κ2) is 7.91. The zero-order valence-corrected chi connectivity index (χ0v) is 14.0. The van der Waals surface area contributed by atoms with Gasteiger partial charge < -0.3 is 5.32 Å². The fourth-order valence-electron chi connectivity index (χ4n) is 1.73. The van der Waals surface area contributed by atoms with E-state index >= 15 is 0 Å². The molecule has 0 atom stereocenters. The van der Waals surface area contributed by atoms with E-state index < -0.39 is 0 Å². The van der Waals surface area contributed by atoms with Gasteiger partial charge in [0.25, 0.3) is 0 Å². The number of aromatic nitrogens is 2. The number of nitrogens with one attached hydrogen (secondary N) is 1. The summed E-state index contributed by atoms with van der Waals surface area (Å²) in [5.41, 5.74) is 1.16. The molecule has 0 saturated heterocycles. The highest BCUT2D eigenvalue weighted by Crippen LogP contribution is 2.24. The van der Waals surface area contributed by atoms with E-state index in [1.165, 1.54) is 9.99 Å². The Hall–Kier alpha value is -0.530. The van der Waals surface area contributed by atoms with Gasteiger partial charge in [-0.05, 0) is 60.7 Å². The zero-order chi connectivity index (χ0) is 13.5. The molecule has 0 amide bonds. The molecule has 0 aliphatic rings. The van der Waals surface area contributed by atoms with Crippen LogP contribution in [0.5, 0.6) is 0 Å². The van der Waals surface area contributed by atoms with Gasteiger partial charge in [-0.2, -0.15) is 0 Å². The first-order valence-corrected chi connectivity index (χ1v) is 8.48. The van der Waals surface area contributed by atoms with Crippen LogP contribution in [0.4, 0.5) is 0 Å². The molecule has 0 aliphatic heterocycles. The largest absolute Gasteiger partial charge is 0.317 e. The number of nitrogens with zero attached hydrogens (tertiary/aromatic N) is 2. The lowest BCUT2D eigenvalue weighted by molar-refractivity contribution is 0.637. The van der Waals surface area contributed by atoms with Gasteiger partial charge in [-0.25, -0.2) is 0 Å². The second-order valence-electron chi connectivity index (χ2n) is 4.36. The summed E-state index contributed by atoms with van der Waals surface area (Å²) in [6.45, 7) is 4.35. The Balaban J connectivity index is 1.86. The molecule has 2 aromatic rings. The summed E-state index contributed by atoms with van der Waals surface area (Å²) in [7, 11) is 0. The number of rotatable bonds is 7. The van der Waals surface area contributed by atoms with Gasteiger partial charge in [-0.1, -0.05) is 30.4 Å². The van der Waals surface area contributed by atoms with Crippen molar-refractivity contribution in [3.05, 3.63) is 32.8 Å². The number of aryl methyl sites for hydroxylation is 1. The Morgan fingerprint density at radius 1 is 1.16 bits per heavy atom. The molecule has 102 valence electrons. The molecule has 0 radical (unpaired) electrons. The number of benzene rings is 1. The lowest BCUT2D eigenvalue weighted by Gasteiger charge is -2.00. The fraction of sp³-hybridized carbons (Fsp3) is 0.429. The molecule has 3 nitrogen and oxygen atoms in total. The van der Waals surface area contributed by atoms with Crippen molar-refractivity contribution < 1.29 is 0 Å². The van der Waals surface area contributed by atoms with Gasteiger partial charge in [0, 0.05) is 15.6 Å². The molecule has 0 spiro atoms. The van der Waals surface area contributed by atoms with E-state index in [1.807, 2.05) is 0 Å². The summed E-state index contributed by atoms with van der Waals surface area (Å²) in [6, 6.07) is 8.42. The minimum absolute atomic E-state index is 1.01. The number of hydrogen-bond acceptors (Lipinski definition) is 4. The first-order chi connectivity index (χ1) is 9.29. The van der Waals surface area contributed by atoms with Crippen LogP contribution in [-0.2, 0) is 6.42 Å². The van der Waals surface area contributed by atoms with Crippen molar-refractivity contribution in [1.82, 2.24) is 15.5 Å². The van der Waals surface area contributed by atoms with Gasteiger partial charge in [-0.15, -0.1) is 10.2 Å². The molecule has 5 heteroatoms.